The van der Waals surface area contributed by atoms with Gasteiger partial charge in [0.05, 0.1) is 5.02 Å². The van der Waals surface area contributed by atoms with Gasteiger partial charge in [0.1, 0.15) is 4.90 Å². The molecule has 0 aliphatic carbocycles. The maximum atomic E-state index is 12.2. The van der Waals surface area contributed by atoms with Crippen molar-refractivity contribution in [1.29, 1.82) is 0 Å². The quantitative estimate of drug-likeness (QED) is 0.823. The van der Waals surface area contributed by atoms with Gasteiger partial charge in [-0.2, -0.15) is 0 Å². The summed E-state index contributed by atoms with van der Waals surface area (Å²) in [5, 5.41) is 0.409. The lowest BCUT2D eigenvalue weighted by molar-refractivity contribution is 0.601. The van der Waals surface area contributed by atoms with Crippen LogP contribution in [0.5, 0.6) is 0 Å². The van der Waals surface area contributed by atoms with Crippen molar-refractivity contribution in [3.63, 3.8) is 0 Å². The molecule has 0 atom stereocenters. The molecule has 0 unspecified atom stereocenters. The van der Waals surface area contributed by atoms with Gasteiger partial charge < -0.3 is 0 Å². The highest BCUT2D eigenvalue weighted by molar-refractivity contribution is 7.92. The molecule has 0 aliphatic heterocycles. The molecule has 0 saturated heterocycles. The van der Waals surface area contributed by atoms with Crippen LogP contribution in [0.25, 0.3) is 0 Å². The molecule has 106 valence electrons. The Hall–Kier alpha value is -0.940. The molecular formula is C13H10Cl3NO2S. The van der Waals surface area contributed by atoms with E-state index >= 15 is 0 Å². The van der Waals surface area contributed by atoms with Gasteiger partial charge in [0.2, 0.25) is 0 Å². The maximum Gasteiger partial charge on any atom is 0.263 e. The zero-order chi connectivity index (χ0) is 14.8. The van der Waals surface area contributed by atoms with Crippen molar-refractivity contribution in [2.45, 2.75) is 10.8 Å². The largest absolute Gasteiger partial charge is 0.280 e. The molecule has 0 radical (unpaired) electrons. The summed E-state index contributed by atoms with van der Waals surface area (Å²) in [5.74, 6) is 0.368. The smallest absolute Gasteiger partial charge is 0.263 e. The first-order chi connectivity index (χ1) is 9.42. The molecular weight excluding hydrogens is 341 g/mol. The summed E-state index contributed by atoms with van der Waals surface area (Å²) in [6.45, 7) is 0. The zero-order valence-corrected chi connectivity index (χ0v) is 13.2. The molecule has 0 saturated carbocycles. The third-order valence-electron chi connectivity index (χ3n) is 2.54. The van der Waals surface area contributed by atoms with E-state index in [4.69, 9.17) is 34.8 Å². The average Bonchev–Trinajstić information content (AvgIpc) is 2.42. The topological polar surface area (TPSA) is 46.2 Å². The van der Waals surface area contributed by atoms with Crippen LogP contribution in [0.3, 0.4) is 0 Å². The van der Waals surface area contributed by atoms with Crippen LogP contribution in [0.15, 0.2) is 47.4 Å². The Morgan fingerprint density at radius 3 is 2.25 bits per heavy atom. The Morgan fingerprint density at radius 2 is 1.65 bits per heavy atom. The highest BCUT2D eigenvalue weighted by atomic mass is 35.5. The molecule has 2 aromatic carbocycles. The van der Waals surface area contributed by atoms with Gasteiger partial charge in [0.15, 0.2) is 0 Å². The van der Waals surface area contributed by atoms with Crippen molar-refractivity contribution in [2.24, 2.45) is 0 Å². The molecule has 3 nitrogen and oxygen atoms in total. The number of alkyl halides is 1. The maximum absolute atomic E-state index is 12.2. The lowest BCUT2D eigenvalue weighted by atomic mass is 10.2. The van der Waals surface area contributed by atoms with Crippen LogP contribution in [0.2, 0.25) is 10.0 Å². The number of sulfonamides is 1. The molecule has 1 N–H and O–H groups in total. The fraction of sp³-hybridized carbons (Fsp3) is 0.0769. The fourth-order valence-electron chi connectivity index (χ4n) is 1.56. The fourth-order valence-corrected chi connectivity index (χ4v) is 3.56. The SMILES string of the molecule is O=S(=O)(Nc1ccc(CCl)cc1)c1cc(Cl)ccc1Cl. The molecule has 2 aromatic rings. The minimum atomic E-state index is -3.79. The van der Waals surface area contributed by atoms with Gasteiger partial charge >= 0.3 is 0 Å². The van der Waals surface area contributed by atoms with Crippen LogP contribution < -0.4 is 4.72 Å². The summed E-state index contributed by atoms with van der Waals surface area (Å²) < 4.78 is 26.9. The van der Waals surface area contributed by atoms with Crippen molar-refractivity contribution in [1.82, 2.24) is 0 Å². The summed E-state index contributed by atoms with van der Waals surface area (Å²) >= 11 is 17.4. The number of benzene rings is 2. The van der Waals surface area contributed by atoms with Crippen LogP contribution in [0.1, 0.15) is 5.56 Å². The number of nitrogens with one attached hydrogen (secondary N) is 1. The number of anilines is 1. The lowest BCUT2D eigenvalue weighted by Gasteiger charge is -2.10. The van der Waals surface area contributed by atoms with E-state index in [2.05, 4.69) is 4.72 Å². The van der Waals surface area contributed by atoms with Crippen LogP contribution in [0.4, 0.5) is 5.69 Å². The molecule has 0 fully saturated rings. The predicted octanol–water partition coefficient (Wildman–Crippen LogP) is 4.53. The molecule has 0 heterocycles. The van der Waals surface area contributed by atoms with Crippen LogP contribution >= 0.6 is 34.8 Å². The Morgan fingerprint density at radius 1 is 1.00 bits per heavy atom. The molecule has 0 spiro atoms. The third-order valence-corrected chi connectivity index (χ3v) is 4.95. The number of hydrogen-bond acceptors (Lipinski definition) is 2. The van der Waals surface area contributed by atoms with E-state index in [0.717, 1.165) is 5.56 Å². The molecule has 0 amide bonds. The van der Waals surface area contributed by atoms with Crippen molar-refractivity contribution in [2.75, 3.05) is 4.72 Å². The van der Waals surface area contributed by atoms with E-state index in [0.29, 0.717) is 16.6 Å². The van der Waals surface area contributed by atoms with Gasteiger partial charge in [-0.05, 0) is 35.9 Å². The van der Waals surface area contributed by atoms with Crippen molar-refractivity contribution < 1.29 is 8.42 Å². The molecule has 0 aliphatic rings. The Bertz CT molecular complexity index is 715. The van der Waals surface area contributed by atoms with Crippen molar-refractivity contribution in [3.8, 4) is 0 Å². The minimum absolute atomic E-state index is 0.0620. The van der Waals surface area contributed by atoms with Crippen molar-refractivity contribution >= 4 is 50.5 Å². The molecule has 20 heavy (non-hydrogen) atoms. The second-order valence-electron chi connectivity index (χ2n) is 4.01. The highest BCUT2D eigenvalue weighted by Gasteiger charge is 2.18. The number of halogens is 3. The Kier molecular flexibility index (Phi) is 4.81. The monoisotopic (exact) mass is 349 g/mol. The molecule has 2 rings (SSSR count). The van der Waals surface area contributed by atoms with Gasteiger partial charge in [-0.1, -0.05) is 35.3 Å². The van der Waals surface area contributed by atoms with Gasteiger partial charge in [0.25, 0.3) is 10.0 Å². The molecule has 0 bridgehead atoms. The standard InChI is InChI=1S/C13H10Cl3NO2S/c14-8-9-1-4-11(5-2-9)17-20(18,19)13-7-10(15)3-6-12(13)16/h1-7,17H,8H2. The van der Waals surface area contributed by atoms with E-state index < -0.39 is 10.0 Å². The third kappa shape index (κ3) is 3.58. The summed E-state index contributed by atoms with van der Waals surface area (Å²) in [5.41, 5.74) is 1.32. The van der Waals surface area contributed by atoms with E-state index in [9.17, 15) is 8.42 Å². The zero-order valence-electron chi connectivity index (χ0n) is 10.1. The first-order valence-electron chi connectivity index (χ1n) is 5.55. The Balaban J connectivity index is 2.32. The summed E-state index contributed by atoms with van der Waals surface area (Å²) in [6, 6.07) is 11.0. The summed E-state index contributed by atoms with van der Waals surface area (Å²) in [6.07, 6.45) is 0. The first-order valence-corrected chi connectivity index (χ1v) is 8.32. The Labute approximate surface area is 132 Å². The summed E-state index contributed by atoms with van der Waals surface area (Å²) in [4.78, 5) is -0.0620. The number of hydrogen-bond donors (Lipinski definition) is 1. The molecule has 0 aromatic heterocycles. The second kappa shape index (κ2) is 6.22. The van der Waals surface area contributed by atoms with E-state index in [1.54, 1.807) is 24.3 Å². The average molecular weight is 351 g/mol. The lowest BCUT2D eigenvalue weighted by Crippen LogP contribution is -2.13. The van der Waals surface area contributed by atoms with Gasteiger partial charge in [-0.15, -0.1) is 11.6 Å². The van der Waals surface area contributed by atoms with E-state index in [1.165, 1.54) is 18.2 Å². The van der Waals surface area contributed by atoms with E-state index in [-0.39, 0.29) is 9.92 Å². The normalized spacial score (nSPS) is 11.3. The van der Waals surface area contributed by atoms with Crippen LogP contribution in [-0.2, 0) is 15.9 Å². The highest BCUT2D eigenvalue weighted by Crippen LogP contribution is 2.26. The first kappa shape index (κ1) is 15.4. The minimum Gasteiger partial charge on any atom is -0.280 e. The van der Waals surface area contributed by atoms with Crippen LogP contribution in [0, 0.1) is 0 Å². The van der Waals surface area contributed by atoms with E-state index in [1.807, 2.05) is 0 Å². The van der Waals surface area contributed by atoms with Gasteiger partial charge in [0, 0.05) is 16.6 Å². The summed E-state index contributed by atoms with van der Waals surface area (Å²) in [7, 11) is -3.79. The van der Waals surface area contributed by atoms with Crippen LogP contribution in [-0.4, -0.2) is 8.42 Å². The van der Waals surface area contributed by atoms with Gasteiger partial charge in [-0.3, -0.25) is 4.72 Å². The van der Waals surface area contributed by atoms with Crippen molar-refractivity contribution in [3.05, 3.63) is 58.1 Å². The second-order valence-corrected chi connectivity index (χ2v) is 6.77. The number of rotatable bonds is 4. The predicted molar refractivity (Wildman–Crippen MR) is 83.3 cm³/mol. The van der Waals surface area contributed by atoms with Gasteiger partial charge in [-0.25, -0.2) is 8.42 Å². The molecule has 7 heteroatoms.